The highest BCUT2D eigenvalue weighted by Gasteiger charge is 2.25. The van der Waals surface area contributed by atoms with Crippen molar-refractivity contribution in [2.45, 2.75) is 50.6 Å². The third-order valence-electron chi connectivity index (χ3n) is 5.46. The van der Waals surface area contributed by atoms with Gasteiger partial charge in [-0.2, -0.15) is 4.98 Å². The maximum absolute atomic E-state index is 4.77. The van der Waals surface area contributed by atoms with Gasteiger partial charge in [0.1, 0.15) is 5.82 Å². The van der Waals surface area contributed by atoms with Crippen molar-refractivity contribution in [3.8, 4) is 0 Å². The zero-order chi connectivity index (χ0) is 17.2. The van der Waals surface area contributed by atoms with Crippen molar-refractivity contribution in [1.82, 2.24) is 15.3 Å². The smallest absolute Gasteiger partial charge is 0.225 e. The Kier molecular flexibility index (Phi) is 4.75. The van der Waals surface area contributed by atoms with Gasteiger partial charge in [-0.25, -0.2) is 4.98 Å². The Labute approximate surface area is 150 Å². The van der Waals surface area contributed by atoms with E-state index < -0.39 is 0 Å². The molecule has 0 unspecified atom stereocenters. The zero-order valence-electron chi connectivity index (χ0n) is 15.3. The molecule has 2 saturated carbocycles. The molecule has 134 valence electrons. The fraction of sp³-hybridized carbons (Fsp3) is 0.600. The first-order valence-corrected chi connectivity index (χ1v) is 9.63. The lowest BCUT2D eigenvalue weighted by atomic mass is 9.91. The lowest BCUT2D eigenvalue weighted by Crippen LogP contribution is -2.38. The Bertz CT molecular complexity index is 717. The largest absolute Gasteiger partial charge is 0.362 e. The van der Waals surface area contributed by atoms with Gasteiger partial charge in [0.05, 0.1) is 5.52 Å². The van der Waals surface area contributed by atoms with E-state index in [2.05, 4.69) is 27.7 Å². The number of hydrogen-bond acceptors (Lipinski definition) is 5. The molecule has 5 nitrogen and oxygen atoms in total. The topological polar surface area (TPSA) is 53.1 Å². The van der Waals surface area contributed by atoms with E-state index in [-0.39, 0.29) is 0 Å². The predicted octanol–water partition coefficient (Wildman–Crippen LogP) is 3.42. The highest BCUT2D eigenvalue weighted by atomic mass is 15.2. The van der Waals surface area contributed by atoms with Crippen LogP contribution in [0.1, 0.15) is 38.5 Å². The van der Waals surface area contributed by atoms with Gasteiger partial charge in [0, 0.05) is 31.6 Å². The molecule has 0 radical (unpaired) electrons. The number of para-hydroxylation sites is 1. The molecule has 2 aromatic rings. The maximum Gasteiger partial charge on any atom is 0.225 e. The minimum absolute atomic E-state index is 0.482. The second kappa shape index (κ2) is 7.16. The molecule has 2 fully saturated rings. The van der Waals surface area contributed by atoms with Crippen LogP contribution < -0.4 is 15.5 Å². The molecule has 0 spiro atoms. The first kappa shape index (κ1) is 16.6. The van der Waals surface area contributed by atoms with E-state index in [9.17, 15) is 0 Å². The van der Waals surface area contributed by atoms with Crippen molar-refractivity contribution in [2.24, 2.45) is 5.92 Å². The predicted molar refractivity (Wildman–Crippen MR) is 104 cm³/mol. The van der Waals surface area contributed by atoms with Crippen molar-refractivity contribution in [1.29, 1.82) is 0 Å². The molecular weight excluding hydrogens is 310 g/mol. The first-order chi connectivity index (χ1) is 12.2. The van der Waals surface area contributed by atoms with Gasteiger partial charge in [0.2, 0.25) is 5.95 Å². The van der Waals surface area contributed by atoms with E-state index in [0.29, 0.717) is 12.1 Å². The Morgan fingerprint density at radius 1 is 0.960 bits per heavy atom. The van der Waals surface area contributed by atoms with Gasteiger partial charge in [-0.3, -0.25) is 0 Å². The van der Waals surface area contributed by atoms with Crippen LogP contribution in [0.5, 0.6) is 0 Å². The van der Waals surface area contributed by atoms with Crippen molar-refractivity contribution in [2.75, 3.05) is 30.9 Å². The lowest BCUT2D eigenvalue weighted by molar-refractivity contribution is 0.350. The number of hydrogen-bond donors (Lipinski definition) is 2. The summed E-state index contributed by atoms with van der Waals surface area (Å²) in [5, 5.41) is 8.44. The van der Waals surface area contributed by atoms with Crippen LogP contribution >= 0.6 is 0 Å². The van der Waals surface area contributed by atoms with Crippen molar-refractivity contribution < 1.29 is 0 Å². The van der Waals surface area contributed by atoms with E-state index in [1.165, 1.54) is 45.1 Å². The van der Waals surface area contributed by atoms with Crippen molar-refractivity contribution >= 4 is 22.7 Å². The van der Waals surface area contributed by atoms with Crippen LogP contribution in [0.2, 0.25) is 0 Å². The Balaban J connectivity index is 1.40. The molecule has 1 aromatic carbocycles. The lowest BCUT2D eigenvalue weighted by Gasteiger charge is -2.30. The number of nitrogens with zero attached hydrogens (tertiary/aromatic N) is 3. The molecule has 25 heavy (non-hydrogen) atoms. The third kappa shape index (κ3) is 4.03. The summed E-state index contributed by atoms with van der Waals surface area (Å²) in [4.78, 5) is 11.6. The van der Waals surface area contributed by atoms with Crippen LogP contribution in [0.3, 0.4) is 0 Å². The first-order valence-electron chi connectivity index (χ1n) is 9.63. The molecule has 0 atom stereocenters. The zero-order valence-corrected chi connectivity index (χ0v) is 15.3. The van der Waals surface area contributed by atoms with Crippen LogP contribution in [-0.4, -0.2) is 42.7 Å². The molecule has 0 bridgehead atoms. The fourth-order valence-electron chi connectivity index (χ4n) is 3.75. The molecule has 4 rings (SSSR count). The number of aromatic nitrogens is 2. The molecule has 2 aliphatic carbocycles. The number of rotatable bonds is 6. The quantitative estimate of drug-likeness (QED) is 0.844. The molecule has 1 heterocycles. The van der Waals surface area contributed by atoms with Gasteiger partial charge in [-0.15, -0.1) is 0 Å². The summed E-state index contributed by atoms with van der Waals surface area (Å²) in [5.74, 6) is 2.70. The summed E-state index contributed by atoms with van der Waals surface area (Å²) in [6.45, 7) is 1.22. The van der Waals surface area contributed by atoms with E-state index in [1.807, 2.05) is 26.2 Å². The van der Waals surface area contributed by atoms with Gasteiger partial charge in [-0.1, -0.05) is 12.1 Å². The number of nitrogens with one attached hydrogen (secondary N) is 2. The van der Waals surface area contributed by atoms with E-state index in [4.69, 9.17) is 9.97 Å². The van der Waals surface area contributed by atoms with Gasteiger partial charge in [0.25, 0.3) is 0 Å². The second-order valence-corrected chi connectivity index (χ2v) is 7.83. The van der Waals surface area contributed by atoms with E-state index in [0.717, 1.165) is 28.6 Å². The van der Waals surface area contributed by atoms with Gasteiger partial charge < -0.3 is 15.5 Å². The Hall–Kier alpha value is -1.88. The Morgan fingerprint density at radius 3 is 2.40 bits per heavy atom. The maximum atomic E-state index is 4.77. The fourth-order valence-corrected chi connectivity index (χ4v) is 3.75. The monoisotopic (exact) mass is 339 g/mol. The van der Waals surface area contributed by atoms with Crippen LogP contribution in [0.4, 0.5) is 11.8 Å². The summed E-state index contributed by atoms with van der Waals surface area (Å²) < 4.78 is 0. The van der Waals surface area contributed by atoms with E-state index in [1.54, 1.807) is 0 Å². The minimum Gasteiger partial charge on any atom is -0.362 e. The van der Waals surface area contributed by atoms with Crippen molar-refractivity contribution in [3.05, 3.63) is 24.3 Å². The molecule has 1 aromatic heterocycles. The van der Waals surface area contributed by atoms with Gasteiger partial charge >= 0.3 is 0 Å². The minimum atomic E-state index is 0.482. The van der Waals surface area contributed by atoms with Crippen LogP contribution in [-0.2, 0) is 0 Å². The molecular formula is C20H29N5. The summed E-state index contributed by atoms with van der Waals surface area (Å²) >= 11 is 0. The van der Waals surface area contributed by atoms with Crippen molar-refractivity contribution in [3.63, 3.8) is 0 Å². The standard InChI is InChI=1S/C20H29N5/c1-25(2)19-17-5-3-4-6-18(17)23-20(24-19)22-16-11-9-15(10-12-16)21-13-14-7-8-14/h3-6,14-16,21H,7-13H2,1-2H3,(H,22,23,24). The molecule has 0 aliphatic heterocycles. The summed E-state index contributed by atoms with van der Waals surface area (Å²) in [6.07, 6.45) is 7.73. The summed E-state index contributed by atoms with van der Waals surface area (Å²) in [7, 11) is 4.07. The molecule has 2 N–H and O–H groups in total. The van der Waals surface area contributed by atoms with E-state index >= 15 is 0 Å². The highest BCUT2D eigenvalue weighted by molar-refractivity contribution is 5.90. The molecule has 0 amide bonds. The number of fused-ring (bicyclic) bond motifs is 1. The molecule has 5 heteroatoms. The normalized spacial score (nSPS) is 23.6. The third-order valence-corrected chi connectivity index (χ3v) is 5.46. The van der Waals surface area contributed by atoms with Gasteiger partial charge in [0.15, 0.2) is 0 Å². The SMILES string of the molecule is CN(C)c1nc(NC2CCC(NCC3CC3)CC2)nc2ccccc12. The highest BCUT2D eigenvalue weighted by Crippen LogP contribution is 2.29. The summed E-state index contributed by atoms with van der Waals surface area (Å²) in [5.41, 5.74) is 1.00. The Morgan fingerprint density at radius 2 is 1.68 bits per heavy atom. The summed E-state index contributed by atoms with van der Waals surface area (Å²) in [6, 6.07) is 9.42. The van der Waals surface area contributed by atoms with Crippen LogP contribution in [0.25, 0.3) is 10.9 Å². The molecule has 0 saturated heterocycles. The van der Waals surface area contributed by atoms with Gasteiger partial charge in [-0.05, 0) is 63.1 Å². The molecule has 2 aliphatic rings. The second-order valence-electron chi connectivity index (χ2n) is 7.83. The number of benzene rings is 1. The van der Waals surface area contributed by atoms with Crippen LogP contribution in [0, 0.1) is 5.92 Å². The number of anilines is 2. The average molecular weight is 339 g/mol. The van der Waals surface area contributed by atoms with Crippen LogP contribution in [0.15, 0.2) is 24.3 Å². The average Bonchev–Trinajstić information content (AvgIpc) is 3.45.